The van der Waals surface area contributed by atoms with Gasteiger partial charge in [-0.1, -0.05) is 12.1 Å². The predicted molar refractivity (Wildman–Crippen MR) is 118 cm³/mol. The molecule has 3 aromatic rings. The lowest BCUT2D eigenvalue weighted by molar-refractivity contribution is 0.0953. The number of nitrogens with zero attached hydrogens (tertiary/aromatic N) is 3. The Bertz CT molecular complexity index is 1130. The van der Waals surface area contributed by atoms with Crippen LogP contribution in [0.2, 0.25) is 0 Å². The number of hydrogen-bond donors (Lipinski definition) is 2. The summed E-state index contributed by atoms with van der Waals surface area (Å²) >= 11 is 1.66. The van der Waals surface area contributed by atoms with Gasteiger partial charge in [0.1, 0.15) is 5.69 Å². The van der Waals surface area contributed by atoms with Crippen molar-refractivity contribution in [3.05, 3.63) is 69.2 Å². The molecule has 0 fully saturated rings. The second-order valence-corrected chi connectivity index (χ2v) is 8.24. The summed E-state index contributed by atoms with van der Waals surface area (Å²) < 4.78 is 1.52. The number of rotatable bonds is 5. The normalized spacial score (nSPS) is 13.6. The fraction of sp³-hybridized carbons (Fsp3) is 0.273. The second-order valence-electron chi connectivity index (χ2n) is 7.27. The molecule has 30 heavy (non-hydrogen) atoms. The molecule has 2 heterocycles. The zero-order valence-electron chi connectivity index (χ0n) is 16.9. The summed E-state index contributed by atoms with van der Waals surface area (Å²) in [6.45, 7) is 1.82. The van der Waals surface area contributed by atoms with Gasteiger partial charge in [-0.15, -0.1) is 11.3 Å². The van der Waals surface area contributed by atoms with Crippen LogP contribution in [0.3, 0.4) is 0 Å². The van der Waals surface area contributed by atoms with Crippen molar-refractivity contribution in [3.8, 4) is 0 Å². The number of aromatic nitrogens is 2. The Labute approximate surface area is 178 Å². The first-order valence-electron chi connectivity index (χ1n) is 9.86. The molecule has 0 spiro atoms. The maximum atomic E-state index is 12.6. The van der Waals surface area contributed by atoms with Gasteiger partial charge in [-0.25, -0.2) is 5.43 Å². The monoisotopic (exact) mass is 421 g/mol. The average molecular weight is 422 g/mol. The molecule has 8 heteroatoms. The van der Waals surface area contributed by atoms with Crippen molar-refractivity contribution in [3.63, 3.8) is 0 Å². The highest BCUT2D eigenvalue weighted by atomic mass is 32.1. The van der Waals surface area contributed by atoms with E-state index in [1.165, 1.54) is 21.5 Å². The number of aryl methyl sites for hydroxylation is 2. The number of carbonyl (C=O) groups excluding carboxylic acids is 2. The summed E-state index contributed by atoms with van der Waals surface area (Å²) in [5, 5.41) is 13.1. The van der Waals surface area contributed by atoms with Crippen LogP contribution in [-0.2, 0) is 19.9 Å². The maximum absolute atomic E-state index is 12.6. The van der Waals surface area contributed by atoms with E-state index in [1.807, 2.05) is 30.5 Å². The molecular weight excluding hydrogens is 398 g/mol. The van der Waals surface area contributed by atoms with Crippen LogP contribution in [0.15, 0.2) is 47.0 Å². The van der Waals surface area contributed by atoms with E-state index in [2.05, 4.69) is 20.9 Å². The first-order chi connectivity index (χ1) is 14.5. The van der Waals surface area contributed by atoms with Crippen molar-refractivity contribution in [2.45, 2.75) is 32.6 Å². The minimum absolute atomic E-state index is 0.172. The molecule has 4 rings (SSSR count). The molecule has 0 unspecified atom stereocenters. The molecule has 0 saturated carbocycles. The number of carbonyl (C=O) groups is 2. The molecule has 0 aliphatic heterocycles. The van der Waals surface area contributed by atoms with Crippen LogP contribution in [-0.4, -0.2) is 27.3 Å². The van der Waals surface area contributed by atoms with Gasteiger partial charge in [0.25, 0.3) is 11.8 Å². The summed E-state index contributed by atoms with van der Waals surface area (Å²) in [6, 6.07) is 9.01. The number of fused-ring (bicyclic) bond motifs is 1. The van der Waals surface area contributed by atoms with Crippen LogP contribution >= 0.6 is 11.3 Å². The Morgan fingerprint density at radius 1 is 1.17 bits per heavy atom. The molecular formula is C22H23N5O2S. The first kappa shape index (κ1) is 20.0. The highest BCUT2D eigenvalue weighted by molar-refractivity contribution is 7.10. The summed E-state index contributed by atoms with van der Waals surface area (Å²) in [5.41, 5.74) is 7.18. The molecule has 0 atom stereocenters. The van der Waals surface area contributed by atoms with Gasteiger partial charge in [0.15, 0.2) is 0 Å². The third-order valence-corrected chi connectivity index (χ3v) is 6.31. The summed E-state index contributed by atoms with van der Waals surface area (Å²) in [6.07, 6.45) is 5.92. The van der Waals surface area contributed by atoms with Gasteiger partial charge >= 0.3 is 0 Å². The number of anilines is 1. The van der Waals surface area contributed by atoms with Crippen LogP contribution in [0.25, 0.3) is 0 Å². The van der Waals surface area contributed by atoms with Gasteiger partial charge in [-0.3, -0.25) is 14.3 Å². The van der Waals surface area contributed by atoms with Gasteiger partial charge in [0.05, 0.1) is 11.3 Å². The molecule has 2 N–H and O–H groups in total. The highest BCUT2D eigenvalue weighted by Crippen LogP contribution is 2.30. The van der Waals surface area contributed by atoms with E-state index in [9.17, 15) is 9.59 Å². The van der Waals surface area contributed by atoms with Crippen LogP contribution in [0.4, 0.5) is 5.69 Å². The van der Waals surface area contributed by atoms with Crippen LogP contribution < -0.4 is 10.7 Å². The maximum Gasteiger partial charge on any atom is 0.273 e. The number of hydrogen-bond acceptors (Lipinski definition) is 5. The zero-order chi connectivity index (χ0) is 21.1. The second kappa shape index (κ2) is 8.62. The van der Waals surface area contributed by atoms with Gasteiger partial charge in [-0.2, -0.15) is 10.2 Å². The van der Waals surface area contributed by atoms with E-state index in [1.54, 1.807) is 36.7 Å². The Hall–Kier alpha value is -3.26. The first-order valence-corrected chi connectivity index (χ1v) is 10.7. The number of amides is 2. The molecule has 1 aromatic carbocycles. The number of thiophene rings is 1. The molecule has 7 nitrogen and oxygen atoms in total. The van der Waals surface area contributed by atoms with E-state index in [0.29, 0.717) is 17.1 Å². The van der Waals surface area contributed by atoms with E-state index in [-0.39, 0.29) is 11.8 Å². The summed E-state index contributed by atoms with van der Waals surface area (Å²) in [4.78, 5) is 26.3. The Kier molecular flexibility index (Phi) is 5.76. The average Bonchev–Trinajstić information content (AvgIpc) is 3.38. The molecule has 1 aliphatic carbocycles. The van der Waals surface area contributed by atoms with Gasteiger partial charge in [0.2, 0.25) is 0 Å². The molecule has 0 saturated heterocycles. The fourth-order valence-electron chi connectivity index (χ4n) is 3.56. The smallest absolute Gasteiger partial charge is 0.273 e. The number of nitrogens with one attached hydrogen (secondary N) is 2. The van der Waals surface area contributed by atoms with Gasteiger partial charge < -0.3 is 5.32 Å². The molecule has 0 bridgehead atoms. The van der Waals surface area contributed by atoms with Crippen molar-refractivity contribution in [2.24, 2.45) is 12.1 Å². The third kappa shape index (κ3) is 4.18. The van der Waals surface area contributed by atoms with Crippen LogP contribution in [0.5, 0.6) is 0 Å². The Morgan fingerprint density at radius 2 is 2.00 bits per heavy atom. The minimum atomic E-state index is -0.239. The lowest BCUT2D eigenvalue weighted by Crippen LogP contribution is -2.21. The van der Waals surface area contributed by atoms with Crippen LogP contribution in [0, 0.1) is 0 Å². The van der Waals surface area contributed by atoms with E-state index in [4.69, 9.17) is 0 Å². The minimum Gasteiger partial charge on any atom is -0.321 e. The predicted octanol–water partition coefficient (Wildman–Crippen LogP) is 3.77. The quantitative estimate of drug-likeness (QED) is 0.486. The zero-order valence-corrected chi connectivity index (χ0v) is 17.8. The highest BCUT2D eigenvalue weighted by Gasteiger charge is 2.20. The summed E-state index contributed by atoms with van der Waals surface area (Å²) in [7, 11) is 1.72. The van der Waals surface area contributed by atoms with Crippen molar-refractivity contribution >= 4 is 34.6 Å². The van der Waals surface area contributed by atoms with E-state index in [0.717, 1.165) is 30.4 Å². The molecule has 0 radical (unpaired) electrons. The van der Waals surface area contributed by atoms with Crippen molar-refractivity contribution in [1.82, 2.24) is 15.2 Å². The van der Waals surface area contributed by atoms with Crippen LogP contribution in [0.1, 0.15) is 56.6 Å². The van der Waals surface area contributed by atoms with E-state index < -0.39 is 0 Å². The topological polar surface area (TPSA) is 88.4 Å². The SMILES string of the molecule is C/C(=N/NC(=O)c1csc2c1CCCC2)c1cccc(NC(=O)c2ccnn2C)c1. The largest absolute Gasteiger partial charge is 0.321 e. The van der Waals surface area contributed by atoms with Crippen molar-refractivity contribution < 1.29 is 9.59 Å². The third-order valence-electron chi connectivity index (χ3n) is 5.22. The lowest BCUT2D eigenvalue weighted by Gasteiger charge is -2.12. The molecule has 1 aliphatic rings. The Morgan fingerprint density at radius 3 is 2.80 bits per heavy atom. The molecule has 2 amide bonds. The fourth-order valence-corrected chi connectivity index (χ4v) is 4.68. The van der Waals surface area contributed by atoms with Crippen molar-refractivity contribution in [1.29, 1.82) is 0 Å². The van der Waals surface area contributed by atoms with Gasteiger partial charge in [0, 0.05) is 29.2 Å². The Balaban J connectivity index is 1.45. The standard InChI is InChI=1S/C22H23N5O2S/c1-14(25-26-21(28)18-13-30-20-9-4-3-8-17(18)20)15-6-5-7-16(12-15)24-22(29)19-10-11-23-27(19)2/h5-7,10-13H,3-4,8-9H2,1-2H3,(H,24,29)(H,26,28)/b25-14-. The lowest BCUT2D eigenvalue weighted by atomic mass is 9.96. The van der Waals surface area contributed by atoms with E-state index >= 15 is 0 Å². The number of benzene rings is 1. The number of hydrazone groups is 1. The van der Waals surface area contributed by atoms with Crippen molar-refractivity contribution in [2.75, 3.05) is 5.32 Å². The van der Waals surface area contributed by atoms with Gasteiger partial charge in [-0.05, 0) is 61.9 Å². The molecule has 154 valence electrons. The summed E-state index contributed by atoms with van der Waals surface area (Å²) in [5.74, 6) is -0.410. The molecule has 2 aromatic heterocycles.